The number of nitrogens with zero attached hydrogens (tertiary/aromatic N) is 1. The fraction of sp³-hybridized carbons (Fsp3) is 0.400. The molecule has 106 valence electrons. The van der Waals surface area contributed by atoms with Gasteiger partial charge in [-0.1, -0.05) is 6.07 Å². The predicted molar refractivity (Wildman–Crippen MR) is 79.3 cm³/mol. The van der Waals surface area contributed by atoms with Gasteiger partial charge in [-0.3, -0.25) is 4.79 Å². The average molecular weight is 273 g/mol. The zero-order valence-corrected chi connectivity index (χ0v) is 11.4. The Morgan fingerprint density at radius 3 is 2.80 bits per heavy atom. The second-order valence-corrected chi connectivity index (χ2v) is 5.20. The summed E-state index contributed by atoms with van der Waals surface area (Å²) in [5.74, 6) is -0.759. The van der Waals surface area contributed by atoms with E-state index < -0.39 is 5.97 Å². The van der Waals surface area contributed by atoms with Crippen molar-refractivity contribution >= 4 is 22.6 Å². The van der Waals surface area contributed by atoms with Gasteiger partial charge in [-0.05, 0) is 30.0 Å². The summed E-state index contributed by atoms with van der Waals surface area (Å²) in [6.45, 7) is 4.09. The maximum absolute atomic E-state index is 10.6. The number of fused-ring (bicyclic) bond motifs is 1. The first-order chi connectivity index (χ1) is 9.72. The topological polar surface area (TPSA) is 68.4 Å². The zero-order valence-electron chi connectivity index (χ0n) is 11.4. The number of carbonyl (C=O) groups is 1. The quantitative estimate of drug-likeness (QED) is 0.791. The van der Waals surface area contributed by atoms with E-state index in [9.17, 15) is 4.79 Å². The maximum atomic E-state index is 10.6. The average Bonchev–Trinajstić information content (AvgIpc) is 2.88. The number of aryl methyl sites for hydroxylation is 1. The summed E-state index contributed by atoms with van der Waals surface area (Å²) in [6.07, 6.45) is 0.713. The molecule has 1 saturated heterocycles. The summed E-state index contributed by atoms with van der Waals surface area (Å²) in [6, 6.07) is 8.45. The molecule has 0 unspecified atom stereocenters. The molecular weight excluding hydrogens is 254 g/mol. The van der Waals surface area contributed by atoms with Crippen LogP contribution in [0.2, 0.25) is 0 Å². The Bertz CT molecular complexity index is 615. The van der Waals surface area contributed by atoms with Crippen LogP contribution in [0.5, 0.6) is 0 Å². The number of rotatable bonds is 4. The molecule has 3 N–H and O–H groups in total. The van der Waals surface area contributed by atoms with Crippen LogP contribution in [0.25, 0.3) is 10.9 Å². The van der Waals surface area contributed by atoms with Gasteiger partial charge < -0.3 is 20.3 Å². The smallest absolute Gasteiger partial charge is 0.303 e. The Kier molecular flexibility index (Phi) is 3.60. The highest BCUT2D eigenvalue weighted by atomic mass is 16.4. The largest absolute Gasteiger partial charge is 0.481 e. The minimum absolute atomic E-state index is 0.164. The van der Waals surface area contributed by atoms with Gasteiger partial charge in [0, 0.05) is 43.1 Å². The molecule has 0 aliphatic carbocycles. The standard InChI is InChI=1S/C15H19N3O2/c19-15(20)4-2-12-9-11-1-3-13(10-14(11)17-12)18-7-5-16-6-8-18/h1,3,9-10,16-17H,2,4-8H2,(H,19,20). The van der Waals surface area contributed by atoms with Crippen LogP contribution in [0.1, 0.15) is 12.1 Å². The second kappa shape index (κ2) is 5.54. The molecule has 1 fully saturated rings. The van der Waals surface area contributed by atoms with Crippen LogP contribution in [0.3, 0.4) is 0 Å². The van der Waals surface area contributed by atoms with Gasteiger partial charge in [-0.15, -0.1) is 0 Å². The maximum Gasteiger partial charge on any atom is 0.303 e. The number of H-pyrrole nitrogens is 1. The number of carboxylic acids is 1. The van der Waals surface area contributed by atoms with Crippen molar-refractivity contribution in [2.24, 2.45) is 0 Å². The van der Waals surface area contributed by atoms with Crippen LogP contribution in [0.4, 0.5) is 5.69 Å². The summed E-state index contributed by atoms with van der Waals surface area (Å²) in [4.78, 5) is 16.3. The summed E-state index contributed by atoms with van der Waals surface area (Å²) in [5, 5.41) is 13.2. The van der Waals surface area contributed by atoms with Crippen molar-refractivity contribution in [3.05, 3.63) is 30.0 Å². The number of piperazine rings is 1. The third kappa shape index (κ3) is 2.77. The molecule has 5 heteroatoms. The van der Waals surface area contributed by atoms with Gasteiger partial charge in [0.05, 0.1) is 6.42 Å². The minimum atomic E-state index is -0.759. The van der Waals surface area contributed by atoms with Crippen LogP contribution >= 0.6 is 0 Å². The Balaban J connectivity index is 1.81. The number of benzene rings is 1. The summed E-state index contributed by atoms with van der Waals surface area (Å²) < 4.78 is 0. The first-order valence-electron chi connectivity index (χ1n) is 7.01. The Morgan fingerprint density at radius 2 is 2.05 bits per heavy atom. The van der Waals surface area contributed by atoms with Gasteiger partial charge >= 0.3 is 5.97 Å². The molecule has 0 amide bonds. The number of aromatic nitrogens is 1. The van der Waals surface area contributed by atoms with Crippen molar-refractivity contribution in [3.8, 4) is 0 Å². The van der Waals surface area contributed by atoms with E-state index in [2.05, 4.69) is 33.4 Å². The molecule has 0 saturated carbocycles. The lowest BCUT2D eigenvalue weighted by Crippen LogP contribution is -2.43. The summed E-state index contributed by atoms with van der Waals surface area (Å²) in [5.41, 5.74) is 3.30. The van der Waals surface area contributed by atoms with E-state index in [0.717, 1.165) is 42.8 Å². The fourth-order valence-corrected chi connectivity index (χ4v) is 2.67. The van der Waals surface area contributed by atoms with Crippen LogP contribution in [0, 0.1) is 0 Å². The van der Waals surface area contributed by atoms with E-state index >= 15 is 0 Å². The number of nitrogens with one attached hydrogen (secondary N) is 2. The first-order valence-corrected chi connectivity index (χ1v) is 7.01. The lowest BCUT2D eigenvalue weighted by molar-refractivity contribution is -0.136. The van der Waals surface area contributed by atoms with Gasteiger partial charge in [-0.2, -0.15) is 0 Å². The molecule has 5 nitrogen and oxygen atoms in total. The second-order valence-electron chi connectivity index (χ2n) is 5.20. The predicted octanol–water partition coefficient (Wildman–Crippen LogP) is 1.59. The molecule has 1 aromatic heterocycles. The molecule has 0 radical (unpaired) electrons. The van der Waals surface area contributed by atoms with E-state index in [1.54, 1.807) is 0 Å². The number of anilines is 1. The number of aliphatic carboxylic acids is 1. The van der Waals surface area contributed by atoms with Crippen molar-refractivity contribution in [1.82, 2.24) is 10.3 Å². The SMILES string of the molecule is O=C(O)CCc1cc2ccc(N3CCNCC3)cc2[nH]1. The molecule has 20 heavy (non-hydrogen) atoms. The lowest BCUT2D eigenvalue weighted by atomic mass is 10.2. The molecule has 1 aromatic carbocycles. The third-order valence-corrected chi connectivity index (χ3v) is 3.75. The molecule has 2 aromatic rings. The van der Waals surface area contributed by atoms with Crippen LogP contribution in [0.15, 0.2) is 24.3 Å². The Morgan fingerprint density at radius 1 is 1.25 bits per heavy atom. The number of carboxylic acid groups (broad SMARTS) is 1. The molecule has 1 aliphatic heterocycles. The van der Waals surface area contributed by atoms with Gasteiger partial charge in [0.25, 0.3) is 0 Å². The number of hydrogen-bond acceptors (Lipinski definition) is 3. The molecule has 0 bridgehead atoms. The highest BCUT2D eigenvalue weighted by Crippen LogP contribution is 2.23. The highest BCUT2D eigenvalue weighted by molar-refractivity contribution is 5.84. The van der Waals surface area contributed by atoms with Crippen LogP contribution in [-0.4, -0.2) is 42.2 Å². The summed E-state index contributed by atoms with van der Waals surface area (Å²) >= 11 is 0. The molecule has 0 spiro atoms. The first kappa shape index (κ1) is 13.0. The van der Waals surface area contributed by atoms with E-state index in [4.69, 9.17) is 5.11 Å². The van der Waals surface area contributed by atoms with E-state index in [1.807, 2.05) is 6.07 Å². The van der Waals surface area contributed by atoms with E-state index in [1.165, 1.54) is 5.69 Å². The third-order valence-electron chi connectivity index (χ3n) is 3.75. The molecule has 1 aliphatic rings. The lowest BCUT2D eigenvalue weighted by Gasteiger charge is -2.29. The van der Waals surface area contributed by atoms with Crippen molar-refractivity contribution < 1.29 is 9.90 Å². The fourth-order valence-electron chi connectivity index (χ4n) is 2.67. The normalized spacial score (nSPS) is 15.7. The monoisotopic (exact) mass is 273 g/mol. The molecule has 3 rings (SSSR count). The molecule has 2 heterocycles. The Hall–Kier alpha value is -2.01. The van der Waals surface area contributed by atoms with Gasteiger partial charge in [0.2, 0.25) is 0 Å². The number of aromatic amines is 1. The molecular formula is C15H19N3O2. The minimum Gasteiger partial charge on any atom is -0.481 e. The van der Waals surface area contributed by atoms with E-state index in [0.29, 0.717) is 6.42 Å². The van der Waals surface area contributed by atoms with Crippen molar-refractivity contribution in [2.75, 3.05) is 31.1 Å². The molecule has 0 atom stereocenters. The van der Waals surface area contributed by atoms with Crippen LogP contribution < -0.4 is 10.2 Å². The van der Waals surface area contributed by atoms with Crippen molar-refractivity contribution in [3.63, 3.8) is 0 Å². The van der Waals surface area contributed by atoms with Gasteiger partial charge in [0.1, 0.15) is 0 Å². The van der Waals surface area contributed by atoms with Gasteiger partial charge in [0.15, 0.2) is 0 Å². The van der Waals surface area contributed by atoms with Crippen molar-refractivity contribution in [1.29, 1.82) is 0 Å². The summed E-state index contributed by atoms with van der Waals surface area (Å²) in [7, 11) is 0. The van der Waals surface area contributed by atoms with Crippen LogP contribution in [-0.2, 0) is 11.2 Å². The van der Waals surface area contributed by atoms with E-state index in [-0.39, 0.29) is 6.42 Å². The Labute approximate surface area is 117 Å². The van der Waals surface area contributed by atoms with Gasteiger partial charge in [-0.25, -0.2) is 0 Å². The zero-order chi connectivity index (χ0) is 13.9. The highest BCUT2D eigenvalue weighted by Gasteiger charge is 2.11. The van der Waals surface area contributed by atoms with Crippen molar-refractivity contribution in [2.45, 2.75) is 12.8 Å². The number of hydrogen-bond donors (Lipinski definition) is 3.